The summed E-state index contributed by atoms with van der Waals surface area (Å²) < 4.78 is 10.5. The summed E-state index contributed by atoms with van der Waals surface area (Å²) in [6, 6.07) is 32.9. The first-order chi connectivity index (χ1) is 25.1. The third-order valence-corrected chi connectivity index (χ3v) is 13.1. The number of β-lactam (4-membered cyclic amide) rings is 1. The van der Waals surface area contributed by atoms with E-state index in [2.05, 4.69) is 17.2 Å². The van der Waals surface area contributed by atoms with E-state index in [9.17, 15) is 29.1 Å². The lowest BCUT2D eigenvalue weighted by atomic mass is 9.79. The highest BCUT2D eigenvalue weighted by molar-refractivity contribution is 7.96. The molecule has 0 radical (unpaired) electrons. The minimum Gasteiger partial charge on any atom is -0.477 e. The molecule has 3 N–H and O–H groups in total. The van der Waals surface area contributed by atoms with E-state index in [0.29, 0.717) is 27.0 Å². The summed E-state index contributed by atoms with van der Waals surface area (Å²) in [6.45, 7) is 1.75. The highest BCUT2D eigenvalue weighted by Crippen LogP contribution is 2.50. The zero-order valence-electron chi connectivity index (χ0n) is 28.8. The van der Waals surface area contributed by atoms with Gasteiger partial charge in [0.05, 0.1) is 12.0 Å². The monoisotopic (exact) mass is 721 g/mol. The predicted molar refractivity (Wildman–Crippen MR) is 201 cm³/mol. The minimum atomic E-state index is -3.34. The normalized spacial score (nSPS) is 15.7. The Morgan fingerprint density at radius 3 is 1.94 bits per heavy atom. The molecule has 0 bridgehead atoms. The fourth-order valence-corrected chi connectivity index (χ4v) is 10.9. The molecule has 52 heavy (non-hydrogen) atoms. The molecule has 268 valence electrons. The number of ether oxygens (including phenoxy) is 2. The Morgan fingerprint density at radius 1 is 0.885 bits per heavy atom. The number of aliphatic carboxylic acids is 1. The zero-order chi connectivity index (χ0) is 37.3. The van der Waals surface area contributed by atoms with Crippen LogP contribution in [0.15, 0.2) is 128 Å². The molecule has 1 aliphatic heterocycles. The molecule has 1 saturated heterocycles. The molecule has 0 aliphatic carbocycles. The van der Waals surface area contributed by atoms with E-state index in [4.69, 9.17) is 9.47 Å². The van der Waals surface area contributed by atoms with Crippen molar-refractivity contribution in [2.45, 2.75) is 32.0 Å². The Morgan fingerprint density at radius 2 is 1.44 bits per heavy atom. The van der Waals surface area contributed by atoms with Gasteiger partial charge in [0, 0.05) is 32.5 Å². The maximum Gasteiger partial charge on any atom is 0.508 e. The average Bonchev–Trinajstić information content (AvgIpc) is 3.17. The fourth-order valence-electron chi connectivity index (χ4n) is 6.56. The number of ketones is 1. The topological polar surface area (TPSA) is 151 Å². The molecule has 3 amide bonds. The van der Waals surface area contributed by atoms with E-state index in [1.54, 1.807) is 24.3 Å². The summed E-state index contributed by atoms with van der Waals surface area (Å²) in [4.78, 5) is 68.0. The van der Waals surface area contributed by atoms with Gasteiger partial charge in [0.15, 0.2) is 5.78 Å². The number of carbonyl (C=O) groups excluding carboxylic acids is 4. The van der Waals surface area contributed by atoms with Crippen LogP contribution in [0, 0.1) is 5.92 Å². The highest BCUT2D eigenvalue weighted by Gasteiger charge is 2.56. The van der Waals surface area contributed by atoms with E-state index in [1.807, 2.05) is 91.0 Å². The molecule has 0 aromatic heterocycles. The first-order valence-electron chi connectivity index (χ1n) is 16.6. The number of urea groups is 1. The zero-order valence-corrected chi connectivity index (χ0v) is 29.7. The van der Waals surface area contributed by atoms with Crippen LogP contribution in [-0.4, -0.2) is 71.1 Å². The Bertz CT molecular complexity index is 1900. The van der Waals surface area contributed by atoms with E-state index in [0.717, 1.165) is 0 Å². The molecule has 5 rings (SSSR count). The number of Topliss-reactive ketones (excluding diaryl/α,β-unsaturated/α-hetero) is 1. The number of carboxylic acids is 1. The van der Waals surface area contributed by atoms with Gasteiger partial charge >= 0.3 is 18.2 Å². The van der Waals surface area contributed by atoms with Crippen molar-refractivity contribution in [3.63, 3.8) is 0 Å². The summed E-state index contributed by atoms with van der Waals surface area (Å²) in [6.07, 6.45) is -1.01. The second-order valence-corrected chi connectivity index (χ2v) is 15.4. The van der Waals surface area contributed by atoms with Gasteiger partial charge in [0.2, 0.25) is 5.91 Å². The van der Waals surface area contributed by atoms with Crippen LogP contribution >= 0.6 is 6.89 Å². The number of rotatable bonds is 14. The van der Waals surface area contributed by atoms with Crippen LogP contribution in [0.1, 0.15) is 29.3 Å². The van der Waals surface area contributed by atoms with Crippen LogP contribution in [0.3, 0.4) is 0 Å². The largest absolute Gasteiger partial charge is 0.508 e. The van der Waals surface area contributed by atoms with E-state index < -0.39 is 43.0 Å². The maximum atomic E-state index is 14.5. The lowest BCUT2D eigenvalue weighted by Gasteiger charge is -2.50. The molecule has 0 spiro atoms. The fraction of sp³-hybridized carbons (Fsp3) is 0.200. The molecule has 4 aromatic carbocycles. The number of likely N-dealkylation sites (tertiary alicyclic amines) is 1. The molecule has 0 saturated carbocycles. The molecule has 1 fully saturated rings. The first-order valence-corrected chi connectivity index (χ1v) is 18.4. The predicted octanol–water partition coefficient (Wildman–Crippen LogP) is 4.45. The molecule has 1 aliphatic rings. The number of hydrogen-bond acceptors (Lipinski definition) is 7. The van der Waals surface area contributed by atoms with E-state index >= 15 is 0 Å². The van der Waals surface area contributed by atoms with Crippen LogP contribution in [0.25, 0.3) is 0 Å². The molecule has 0 unspecified atom stereocenters. The lowest BCUT2D eigenvalue weighted by molar-refractivity contribution is -0.157. The van der Waals surface area contributed by atoms with E-state index in [-0.39, 0.29) is 36.8 Å². The molecular formula is C40H40N3O8P. The Hall–Kier alpha value is -5.93. The van der Waals surface area contributed by atoms with Gasteiger partial charge in [0.25, 0.3) is 0 Å². The minimum absolute atomic E-state index is 0.113. The van der Waals surface area contributed by atoms with Crippen molar-refractivity contribution in [1.82, 2.24) is 15.5 Å². The van der Waals surface area contributed by atoms with Crippen LogP contribution < -0.4 is 26.5 Å². The summed E-state index contributed by atoms with van der Waals surface area (Å²) in [5, 5.41) is 18.6. The van der Waals surface area contributed by atoms with Crippen molar-refractivity contribution in [1.29, 1.82) is 0 Å². The van der Waals surface area contributed by atoms with Crippen molar-refractivity contribution in [3.05, 3.63) is 139 Å². The Balaban J connectivity index is 1.70. The van der Waals surface area contributed by atoms with Gasteiger partial charge in [-0.1, -0.05) is 122 Å². The maximum absolute atomic E-state index is 14.5. The van der Waals surface area contributed by atoms with Crippen molar-refractivity contribution < 1.29 is 38.6 Å². The summed E-state index contributed by atoms with van der Waals surface area (Å²) in [5.41, 5.74) is 0.801. The molecule has 11 nitrogen and oxygen atoms in total. The van der Waals surface area contributed by atoms with Crippen molar-refractivity contribution in [3.8, 4) is 0 Å². The van der Waals surface area contributed by atoms with Crippen LogP contribution in [0.5, 0.6) is 0 Å². The van der Waals surface area contributed by atoms with Gasteiger partial charge in [-0.05, 0) is 34.5 Å². The lowest BCUT2D eigenvalue weighted by Crippen LogP contribution is -2.68. The van der Waals surface area contributed by atoms with Crippen LogP contribution in [0.2, 0.25) is 0 Å². The van der Waals surface area contributed by atoms with Crippen LogP contribution in [0.4, 0.5) is 9.59 Å². The third-order valence-electron chi connectivity index (χ3n) is 8.87. The molecule has 4 aromatic rings. The number of amides is 3. The second-order valence-electron chi connectivity index (χ2n) is 12.0. The third kappa shape index (κ3) is 7.70. The summed E-state index contributed by atoms with van der Waals surface area (Å²) in [7, 11) is 1.49. The Labute approximate surface area is 302 Å². The Kier molecular flexibility index (Phi) is 12.1. The van der Waals surface area contributed by atoms with Gasteiger partial charge in [-0.15, -0.1) is 0 Å². The molecule has 3 atom stereocenters. The molecule has 12 heteroatoms. The van der Waals surface area contributed by atoms with Gasteiger partial charge < -0.3 is 30.1 Å². The standard InChI is InChI=1S/C40H40N3O8P/c1-4-23-50-40(49)51-27(2)35-33(25-34(44)29-16-14-15-28(24-29)26-42-39(48)41-3)43(36(35)45)37(38(46)47)52(30-17-8-5-9-18-30,31-19-10-6-11-20-31)32-21-12-7-13-22-32/h4-22,24,27,33,35H,1,23,25-26H2,2-3H3,(H,46,47)(H2,41,42,48)/t27-,33-,35-/m1/s1. The number of benzene rings is 4. The first kappa shape index (κ1) is 37.3. The van der Waals surface area contributed by atoms with Gasteiger partial charge in [0.1, 0.15) is 18.1 Å². The number of carbonyl (C=O) groups is 5. The average molecular weight is 722 g/mol. The quantitative estimate of drug-likeness (QED) is 0.0569. The summed E-state index contributed by atoms with van der Waals surface area (Å²) >= 11 is 0. The van der Waals surface area contributed by atoms with Gasteiger partial charge in [-0.25, -0.2) is 14.4 Å². The van der Waals surface area contributed by atoms with Crippen LogP contribution in [-0.2, 0) is 25.6 Å². The number of carboxylic acid groups (broad SMARTS) is 1. The van der Waals surface area contributed by atoms with Crippen molar-refractivity contribution in [2.24, 2.45) is 5.92 Å². The summed E-state index contributed by atoms with van der Waals surface area (Å²) in [5.74, 6) is -3.37. The van der Waals surface area contributed by atoms with E-state index in [1.165, 1.54) is 24.9 Å². The van der Waals surface area contributed by atoms with Gasteiger partial charge in [-0.2, -0.15) is 0 Å². The molecular weight excluding hydrogens is 681 g/mol. The number of nitrogens with zero attached hydrogens (tertiary/aromatic N) is 1. The molecule has 1 heterocycles. The van der Waals surface area contributed by atoms with Crippen molar-refractivity contribution >= 4 is 58.1 Å². The highest BCUT2D eigenvalue weighted by atomic mass is 31.2. The number of hydrogen-bond donors (Lipinski definition) is 3. The van der Waals surface area contributed by atoms with Crippen molar-refractivity contribution in [2.75, 3.05) is 13.7 Å². The second kappa shape index (κ2) is 16.9. The van der Waals surface area contributed by atoms with Gasteiger partial charge in [-0.3, -0.25) is 9.59 Å². The number of nitrogens with one attached hydrogen (secondary N) is 2. The smallest absolute Gasteiger partial charge is 0.477 e. The SMILES string of the molecule is C=CCOC(=O)O[C@H](C)[C@H]1C(=O)N(C(C(=O)O)=P(c2ccccc2)(c2ccccc2)c2ccccc2)[C@@H]1CC(=O)c1cccc(CNC(=O)NC)c1.